The smallest absolute Gasteiger partial charge is 0.417 e. The molecule has 0 spiro atoms. The molecule has 0 unspecified atom stereocenters. The second-order valence-corrected chi connectivity index (χ2v) is 4.41. The Bertz CT molecular complexity index is 574. The van der Waals surface area contributed by atoms with Crippen LogP contribution in [0.2, 0.25) is 0 Å². The molecule has 0 bridgehead atoms. The number of rotatable bonds is 2. The van der Waals surface area contributed by atoms with Crippen LogP contribution in [-0.2, 0) is 6.18 Å². The predicted molar refractivity (Wildman–Crippen MR) is 61.3 cm³/mol. The number of carbonyl (C=O) groups is 1. The van der Waals surface area contributed by atoms with Crippen molar-refractivity contribution in [1.29, 1.82) is 0 Å². The highest BCUT2D eigenvalue weighted by Crippen LogP contribution is 2.34. The summed E-state index contributed by atoms with van der Waals surface area (Å²) in [6.45, 7) is 0. The van der Waals surface area contributed by atoms with Crippen molar-refractivity contribution in [3.8, 4) is 0 Å². The molecule has 0 aliphatic heterocycles. The highest BCUT2D eigenvalue weighted by Gasteiger charge is 2.36. The zero-order valence-corrected chi connectivity index (χ0v) is 10.4. The second-order valence-electron chi connectivity index (χ2n) is 3.49. The molecular weight excluding hydrogens is 313 g/mol. The van der Waals surface area contributed by atoms with Gasteiger partial charge in [0.1, 0.15) is 0 Å². The maximum atomic E-state index is 12.8. The Labute approximate surface area is 109 Å². The van der Waals surface area contributed by atoms with E-state index in [1.165, 1.54) is 24.5 Å². The van der Waals surface area contributed by atoms with Gasteiger partial charge in [-0.2, -0.15) is 13.2 Å². The Kier molecular flexibility index (Phi) is 3.30. The summed E-state index contributed by atoms with van der Waals surface area (Å²) in [4.78, 5) is 11.9. The molecule has 18 heavy (non-hydrogen) atoms. The van der Waals surface area contributed by atoms with Crippen LogP contribution in [0.1, 0.15) is 21.7 Å². The minimum absolute atomic E-state index is 0.122. The van der Waals surface area contributed by atoms with Crippen LogP contribution in [0.3, 0.4) is 0 Å². The minimum atomic E-state index is -4.60. The summed E-state index contributed by atoms with van der Waals surface area (Å²) >= 11 is 2.95. The lowest BCUT2D eigenvalue weighted by molar-refractivity contribution is -0.137. The lowest BCUT2D eigenvalue weighted by atomic mass is 10.0. The monoisotopic (exact) mass is 318 g/mol. The van der Waals surface area contributed by atoms with Crippen LogP contribution in [0.15, 0.2) is 45.5 Å². The van der Waals surface area contributed by atoms with Gasteiger partial charge in [0.05, 0.1) is 11.8 Å². The quantitative estimate of drug-likeness (QED) is 0.773. The zero-order valence-electron chi connectivity index (χ0n) is 8.79. The second kappa shape index (κ2) is 4.61. The SMILES string of the molecule is O=C(c1ccco1)c1ccc(Br)cc1C(F)(F)F. The average Bonchev–Trinajstić information content (AvgIpc) is 2.80. The lowest BCUT2D eigenvalue weighted by Gasteiger charge is -2.11. The third-order valence-electron chi connectivity index (χ3n) is 2.28. The number of hydrogen-bond donors (Lipinski definition) is 0. The van der Waals surface area contributed by atoms with E-state index in [4.69, 9.17) is 4.42 Å². The number of ketones is 1. The maximum absolute atomic E-state index is 12.8. The molecule has 0 atom stereocenters. The third kappa shape index (κ3) is 2.48. The van der Waals surface area contributed by atoms with E-state index in [0.29, 0.717) is 0 Å². The molecule has 0 saturated heterocycles. The Morgan fingerprint density at radius 3 is 2.50 bits per heavy atom. The van der Waals surface area contributed by atoms with Crippen molar-refractivity contribution >= 4 is 21.7 Å². The average molecular weight is 319 g/mol. The Morgan fingerprint density at radius 1 is 1.22 bits per heavy atom. The van der Waals surface area contributed by atoms with Gasteiger partial charge in [-0.15, -0.1) is 0 Å². The van der Waals surface area contributed by atoms with Gasteiger partial charge in [-0.05, 0) is 30.3 Å². The van der Waals surface area contributed by atoms with E-state index in [-0.39, 0.29) is 10.2 Å². The van der Waals surface area contributed by atoms with Gasteiger partial charge in [0, 0.05) is 10.0 Å². The molecule has 0 radical (unpaired) electrons. The first-order chi connectivity index (χ1) is 8.39. The summed E-state index contributed by atoms with van der Waals surface area (Å²) < 4.78 is 43.6. The molecule has 1 aromatic carbocycles. The predicted octanol–water partition coefficient (Wildman–Crippen LogP) is 4.29. The number of alkyl halides is 3. The van der Waals surface area contributed by atoms with Crippen molar-refractivity contribution in [3.05, 3.63) is 58.0 Å². The molecule has 1 heterocycles. The number of carbonyl (C=O) groups excluding carboxylic acids is 1. The minimum Gasteiger partial charge on any atom is -0.461 e. The number of hydrogen-bond acceptors (Lipinski definition) is 2. The van der Waals surface area contributed by atoms with E-state index < -0.39 is 23.1 Å². The normalized spacial score (nSPS) is 11.6. The molecule has 94 valence electrons. The van der Waals surface area contributed by atoms with E-state index >= 15 is 0 Å². The number of furan rings is 1. The summed E-state index contributed by atoms with van der Waals surface area (Å²) in [6.07, 6.45) is -3.36. The highest BCUT2D eigenvalue weighted by atomic mass is 79.9. The number of halogens is 4. The van der Waals surface area contributed by atoms with E-state index in [1.807, 2.05) is 0 Å². The van der Waals surface area contributed by atoms with Gasteiger partial charge in [0.2, 0.25) is 5.78 Å². The van der Waals surface area contributed by atoms with Gasteiger partial charge in [-0.25, -0.2) is 0 Å². The molecule has 2 rings (SSSR count). The molecule has 6 heteroatoms. The first-order valence-corrected chi connectivity index (χ1v) is 5.64. The summed E-state index contributed by atoms with van der Waals surface area (Å²) in [6, 6.07) is 6.14. The van der Waals surface area contributed by atoms with Gasteiger partial charge in [0.15, 0.2) is 5.76 Å². The Balaban J connectivity index is 2.55. The third-order valence-corrected chi connectivity index (χ3v) is 2.77. The molecule has 0 fully saturated rings. The topological polar surface area (TPSA) is 30.2 Å². The summed E-state index contributed by atoms with van der Waals surface area (Å²) in [7, 11) is 0. The standard InChI is InChI=1S/C12H6BrF3O2/c13-7-3-4-8(9(6-7)12(14,15)16)11(17)10-2-1-5-18-10/h1-6H. The first-order valence-electron chi connectivity index (χ1n) is 4.84. The van der Waals surface area contributed by atoms with E-state index in [2.05, 4.69) is 15.9 Å². The van der Waals surface area contributed by atoms with E-state index in [9.17, 15) is 18.0 Å². The van der Waals surface area contributed by atoms with Crippen LogP contribution in [-0.4, -0.2) is 5.78 Å². The van der Waals surface area contributed by atoms with E-state index in [0.717, 1.165) is 12.1 Å². The number of benzene rings is 1. The summed E-state index contributed by atoms with van der Waals surface area (Å²) in [5.41, 5.74) is -1.42. The van der Waals surface area contributed by atoms with Gasteiger partial charge in [-0.1, -0.05) is 15.9 Å². The largest absolute Gasteiger partial charge is 0.461 e. The van der Waals surface area contributed by atoms with Crippen LogP contribution in [0.5, 0.6) is 0 Å². The molecular formula is C12H6BrF3O2. The van der Waals surface area contributed by atoms with Crippen molar-refractivity contribution in [1.82, 2.24) is 0 Å². The van der Waals surface area contributed by atoms with Crippen molar-refractivity contribution in [3.63, 3.8) is 0 Å². The van der Waals surface area contributed by atoms with E-state index in [1.54, 1.807) is 0 Å². The van der Waals surface area contributed by atoms with Crippen LogP contribution in [0, 0.1) is 0 Å². The fourth-order valence-corrected chi connectivity index (χ4v) is 1.85. The fraction of sp³-hybridized carbons (Fsp3) is 0.0833. The molecule has 1 aromatic heterocycles. The van der Waals surface area contributed by atoms with Crippen LogP contribution >= 0.6 is 15.9 Å². The van der Waals surface area contributed by atoms with Crippen LogP contribution < -0.4 is 0 Å². The van der Waals surface area contributed by atoms with Gasteiger partial charge >= 0.3 is 6.18 Å². The van der Waals surface area contributed by atoms with Crippen molar-refractivity contribution < 1.29 is 22.4 Å². The summed E-state index contributed by atoms with van der Waals surface area (Å²) in [5.74, 6) is -0.914. The zero-order chi connectivity index (χ0) is 13.3. The Hall–Kier alpha value is -1.56. The molecule has 2 nitrogen and oxygen atoms in total. The van der Waals surface area contributed by atoms with Crippen LogP contribution in [0.25, 0.3) is 0 Å². The molecule has 0 saturated carbocycles. The Morgan fingerprint density at radius 2 is 1.94 bits per heavy atom. The fourth-order valence-electron chi connectivity index (χ4n) is 1.49. The molecule has 0 aliphatic carbocycles. The van der Waals surface area contributed by atoms with Gasteiger partial charge in [0.25, 0.3) is 0 Å². The molecule has 2 aromatic rings. The van der Waals surface area contributed by atoms with Crippen molar-refractivity contribution in [2.45, 2.75) is 6.18 Å². The maximum Gasteiger partial charge on any atom is 0.417 e. The molecule has 0 N–H and O–H groups in total. The highest BCUT2D eigenvalue weighted by molar-refractivity contribution is 9.10. The van der Waals surface area contributed by atoms with Gasteiger partial charge in [-0.3, -0.25) is 4.79 Å². The summed E-state index contributed by atoms with van der Waals surface area (Å²) in [5, 5.41) is 0. The lowest BCUT2D eigenvalue weighted by Crippen LogP contribution is -2.13. The molecule has 0 amide bonds. The van der Waals surface area contributed by atoms with Crippen LogP contribution in [0.4, 0.5) is 13.2 Å². The van der Waals surface area contributed by atoms with Gasteiger partial charge < -0.3 is 4.42 Å². The van der Waals surface area contributed by atoms with Crippen molar-refractivity contribution in [2.75, 3.05) is 0 Å². The molecule has 0 aliphatic rings. The first kappa shape index (κ1) is 12.9. The van der Waals surface area contributed by atoms with Crippen molar-refractivity contribution in [2.24, 2.45) is 0 Å².